The van der Waals surface area contributed by atoms with Gasteiger partial charge in [-0.2, -0.15) is 0 Å². The zero-order chi connectivity index (χ0) is 27.4. The van der Waals surface area contributed by atoms with Crippen molar-refractivity contribution in [2.24, 2.45) is 5.92 Å². The van der Waals surface area contributed by atoms with Crippen molar-refractivity contribution < 1.29 is 10.2 Å². The Balaban J connectivity index is 0.00000137. The van der Waals surface area contributed by atoms with Crippen LogP contribution in [-0.4, -0.2) is 42.5 Å². The average molecular weight is 524 g/mol. The predicted molar refractivity (Wildman–Crippen MR) is 150 cm³/mol. The second kappa shape index (κ2) is 11.9. The number of hydrogen-bond acceptors (Lipinski definition) is 6. The molecule has 5 rings (SSSR count). The van der Waals surface area contributed by atoms with Crippen molar-refractivity contribution in [2.75, 3.05) is 18.4 Å². The van der Waals surface area contributed by atoms with E-state index in [4.69, 9.17) is 0 Å². The number of hydrogen-bond donors (Lipinski definition) is 1. The first-order valence-corrected chi connectivity index (χ1v) is 13.4. The molecule has 0 radical (unpaired) electrons. The number of anilines is 2. The van der Waals surface area contributed by atoms with Crippen LogP contribution >= 0.6 is 0 Å². The SMILES string of the molecule is CC.Cc1nc2c(F)cc(-c3nc(Nc4ccc(CN5CCC(C)CC5)nc4)ncc3F)cc2n1C(C)C.[HH]. The number of likely N-dealkylation sites (tertiary alicyclic amines) is 1. The van der Waals surface area contributed by atoms with E-state index < -0.39 is 11.6 Å². The van der Waals surface area contributed by atoms with Crippen LogP contribution in [0, 0.1) is 24.5 Å². The Hall–Kier alpha value is -3.46. The highest BCUT2D eigenvalue weighted by molar-refractivity contribution is 5.83. The zero-order valence-corrected chi connectivity index (χ0v) is 23.1. The molecule has 1 aromatic carbocycles. The van der Waals surface area contributed by atoms with E-state index in [1.54, 1.807) is 12.3 Å². The van der Waals surface area contributed by atoms with Crippen molar-refractivity contribution in [1.82, 2.24) is 29.4 Å². The van der Waals surface area contributed by atoms with Gasteiger partial charge in [-0.1, -0.05) is 20.8 Å². The second-order valence-electron chi connectivity index (χ2n) is 9.96. The van der Waals surface area contributed by atoms with Crippen LogP contribution in [-0.2, 0) is 6.54 Å². The fourth-order valence-corrected chi connectivity index (χ4v) is 4.86. The number of fused-ring (bicyclic) bond motifs is 1. The molecule has 0 spiro atoms. The van der Waals surface area contributed by atoms with E-state index in [1.165, 1.54) is 18.9 Å². The number of nitrogens with zero attached hydrogens (tertiary/aromatic N) is 6. The second-order valence-corrected chi connectivity index (χ2v) is 9.96. The third-order valence-corrected chi connectivity index (χ3v) is 6.80. The van der Waals surface area contributed by atoms with Crippen LogP contribution in [0.25, 0.3) is 22.3 Å². The van der Waals surface area contributed by atoms with Crippen LogP contribution in [0.3, 0.4) is 0 Å². The lowest BCUT2D eigenvalue weighted by atomic mass is 9.99. The number of aryl methyl sites for hydroxylation is 1. The van der Waals surface area contributed by atoms with Crippen molar-refractivity contribution in [3.05, 3.63) is 59.8 Å². The molecule has 0 unspecified atom stereocenters. The molecular weight excluding hydrogens is 484 g/mol. The molecule has 0 amide bonds. The monoisotopic (exact) mass is 523 g/mol. The van der Waals surface area contributed by atoms with Crippen LogP contribution in [0.1, 0.15) is 66.4 Å². The van der Waals surface area contributed by atoms with E-state index in [1.807, 2.05) is 51.3 Å². The molecule has 204 valence electrons. The van der Waals surface area contributed by atoms with Gasteiger partial charge >= 0.3 is 0 Å². The molecule has 1 aliphatic heterocycles. The van der Waals surface area contributed by atoms with E-state index in [-0.39, 0.29) is 24.6 Å². The minimum absolute atomic E-state index is 0. The number of imidazole rings is 1. The molecule has 1 saturated heterocycles. The molecule has 0 atom stereocenters. The van der Waals surface area contributed by atoms with E-state index in [0.717, 1.165) is 37.4 Å². The normalized spacial score (nSPS) is 14.6. The topological polar surface area (TPSA) is 71.8 Å². The highest BCUT2D eigenvalue weighted by atomic mass is 19.1. The average Bonchev–Trinajstić information content (AvgIpc) is 3.25. The van der Waals surface area contributed by atoms with Gasteiger partial charge < -0.3 is 9.88 Å². The Morgan fingerprint density at radius 3 is 2.42 bits per heavy atom. The molecule has 1 fully saturated rings. The van der Waals surface area contributed by atoms with Gasteiger partial charge in [0.25, 0.3) is 0 Å². The summed E-state index contributed by atoms with van der Waals surface area (Å²) < 4.78 is 31.6. The van der Waals surface area contributed by atoms with Gasteiger partial charge in [0.05, 0.1) is 29.3 Å². The molecule has 4 heterocycles. The van der Waals surface area contributed by atoms with Crippen LogP contribution in [0.4, 0.5) is 20.4 Å². The van der Waals surface area contributed by atoms with Crippen molar-refractivity contribution in [1.29, 1.82) is 0 Å². The van der Waals surface area contributed by atoms with E-state index in [9.17, 15) is 8.78 Å². The van der Waals surface area contributed by atoms with Gasteiger partial charge in [-0.25, -0.2) is 23.7 Å². The molecular formula is C29H39F2N7. The van der Waals surface area contributed by atoms with Crippen molar-refractivity contribution in [3.8, 4) is 11.3 Å². The van der Waals surface area contributed by atoms with Gasteiger partial charge in [0.1, 0.15) is 17.0 Å². The molecule has 1 aliphatic rings. The molecule has 4 aromatic rings. The number of pyridine rings is 1. The molecule has 0 bridgehead atoms. The Labute approximate surface area is 224 Å². The van der Waals surface area contributed by atoms with Crippen molar-refractivity contribution in [3.63, 3.8) is 0 Å². The molecule has 3 aromatic heterocycles. The molecule has 1 N–H and O–H groups in total. The lowest BCUT2D eigenvalue weighted by Gasteiger charge is -2.29. The number of benzene rings is 1. The molecule has 9 heteroatoms. The smallest absolute Gasteiger partial charge is 0.227 e. The van der Waals surface area contributed by atoms with E-state index in [0.29, 0.717) is 22.6 Å². The van der Waals surface area contributed by atoms with Gasteiger partial charge in [-0.3, -0.25) is 9.88 Å². The highest BCUT2D eigenvalue weighted by Gasteiger charge is 2.19. The Bertz CT molecular complexity index is 1380. The lowest BCUT2D eigenvalue weighted by molar-refractivity contribution is 0.183. The first-order chi connectivity index (χ1) is 18.3. The fourth-order valence-electron chi connectivity index (χ4n) is 4.86. The summed E-state index contributed by atoms with van der Waals surface area (Å²) >= 11 is 0. The van der Waals surface area contributed by atoms with Crippen LogP contribution in [0.5, 0.6) is 0 Å². The van der Waals surface area contributed by atoms with Gasteiger partial charge in [0, 0.05) is 19.6 Å². The number of nitrogens with one attached hydrogen (secondary N) is 1. The third kappa shape index (κ3) is 5.99. The number of piperidine rings is 1. The minimum atomic E-state index is -0.629. The summed E-state index contributed by atoms with van der Waals surface area (Å²) in [6, 6.07) is 6.96. The maximum absolute atomic E-state index is 14.9. The van der Waals surface area contributed by atoms with Gasteiger partial charge in [0.15, 0.2) is 11.6 Å². The summed E-state index contributed by atoms with van der Waals surface area (Å²) in [5, 5.41) is 3.09. The number of halogens is 2. The largest absolute Gasteiger partial charge is 0.326 e. The molecule has 0 saturated carbocycles. The van der Waals surface area contributed by atoms with Crippen LogP contribution in [0.15, 0.2) is 36.7 Å². The maximum atomic E-state index is 14.9. The quantitative estimate of drug-likeness (QED) is 0.286. The Kier molecular flexibility index (Phi) is 8.66. The summed E-state index contributed by atoms with van der Waals surface area (Å²) in [5.74, 6) is 0.560. The van der Waals surface area contributed by atoms with Gasteiger partial charge in [0.2, 0.25) is 5.95 Å². The number of rotatable bonds is 6. The first-order valence-electron chi connectivity index (χ1n) is 13.4. The lowest BCUT2D eigenvalue weighted by Crippen LogP contribution is -2.32. The van der Waals surface area contributed by atoms with Gasteiger partial charge in [-0.05, 0) is 76.9 Å². The summed E-state index contributed by atoms with van der Waals surface area (Å²) in [7, 11) is 0. The zero-order valence-electron chi connectivity index (χ0n) is 23.1. The van der Waals surface area contributed by atoms with Crippen LogP contribution < -0.4 is 5.32 Å². The molecule has 7 nitrogen and oxygen atoms in total. The summed E-state index contributed by atoms with van der Waals surface area (Å²) in [6.45, 7) is 15.1. The van der Waals surface area contributed by atoms with Gasteiger partial charge in [-0.15, -0.1) is 0 Å². The fraction of sp³-hybridized carbons (Fsp3) is 0.448. The Morgan fingerprint density at radius 1 is 1.03 bits per heavy atom. The molecule has 0 aliphatic carbocycles. The Morgan fingerprint density at radius 2 is 1.76 bits per heavy atom. The van der Waals surface area contributed by atoms with Crippen molar-refractivity contribution in [2.45, 2.75) is 67.0 Å². The highest BCUT2D eigenvalue weighted by Crippen LogP contribution is 2.30. The van der Waals surface area contributed by atoms with E-state index >= 15 is 0 Å². The summed E-state index contributed by atoms with van der Waals surface area (Å²) in [4.78, 5) is 19.8. The maximum Gasteiger partial charge on any atom is 0.227 e. The number of aromatic nitrogens is 5. The summed E-state index contributed by atoms with van der Waals surface area (Å²) in [5.41, 5.74) is 2.91. The van der Waals surface area contributed by atoms with Crippen molar-refractivity contribution >= 4 is 22.7 Å². The minimum Gasteiger partial charge on any atom is -0.326 e. The van der Waals surface area contributed by atoms with E-state index in [2.05, 4.69) is 37.1 Å². The first kappa shape index (κ1) is 27.6. The van der Waals surface area contributed by atoms with Crippen LogP contribution in [0.2, 0.25) is 0 Å². The third-order valence-electron chi connectivity index (χ3n) is 6.80. The molecule has 38 heavy (non-hydrogen) atoms. The summed E-state index contributed by atoms with van der Waals surface area (Å²) in [6.07, 6.45) is 5.27. The standard InChI is InChI=1S/C27H31F2N7.C2H6.H2/c1-16(2)36-18(4)32-26-22(28)11-19(12-24(26)36)25-23(29)14-31-27(34-25)33-20-5-6-21(30-13-20)15-35-9-7-17(3)8-10-35;1-2;/h5-6,11-14,16-17H,7-10,15H2,1-4H3,(H,31,33,34);1-2H3;1H. The predicted octanol–water partition coefficient (Wildman–Crippen LogP) is 7.30.